The van der Waals surface area contributed by atoms with Crippen molar-refractivity contribution in [3.05, 3.63) is 65.4 Å². The lowest BCUT2D eigenvalue weighted by molar-refractivity contribution is -0.142. The molecule has 9 nitrogen and oxygen atoms in total. The van der Waals surface area contributed by atoms with Crippen LogP contribution in [0.3, 0.4) is 0 Å². The monoisotopic (exact) mass is 492 g/mol. The SMILES string of the molecule is COc1ccc(-n2nc(C3CCN(C(=O)N(C)O)CC3)c(COC(C)=O)c2-c2ccc(C)cc2)cc1. The van der Waals surface area contributed by atoms with E-state index in [-0.39, 0.29) is 18.5 Å². The number of methoxy groups -OCH3 is 1. The Balaban J connectivity index is 1.80. The second kappa shape index (κ2) is 10.8. The average Bonchev–Trinajstić information content (AvgIpc) is 3.27. The van der Waals surface area contributed by atoms with Crippen LogP contribution in [0.15, 0.2) is 48.5 Å². The molecule has 0 bridgehead atoms. The van der Waals surface area contributed by atoms with Gasteiger partial charge in [-0.25, -0.2) is 14.5 Å². The molecule has 1 aliphatic rings. The van der Waals surface area contributed by atoms with Gasteiger partial charge < -0.3 is 14.4 Å². The second-order valence-corrected chi connectivity index (χ2v) is 9.04. The van der Waals surface area contributed by atoms with Crippen LogP contribution >= 0.6 is 0 Å². The number of esters is 1. The second-order valence-electron chi connectivity index (χ2n) is 9.04. The van der Waals surface area contributed by atoms with E-state index in [1.807, 2.05) is 60.1 Å². The van der Waals surface area contributed by atoms with Gasteiger partial charge in [0.1, 0.15) is 12.4 Å². The van der Waals surface area contributed by atoms with E-state index in [0.29, 0.717) is 31.0 Å². The molecule has 0 aliphatic carbocycles. The number of likely N-dealkylation sites (tertiary alicyclic amines) is 1. The first-order valence-corrected chi connectivity index (χ1v) is 12.0. The van der Waals surface area contributed by atoms with Crippen LogP contribution in [0.25, 0.3) is 16.9 Å². The fraction of sp³-hybridized carbons (Fsp3) is 0.370. The molecule has 190 valence electrons. The summed E-state index contributed by atoms with van der Waals surface area (Å²) in [5.74, 6) is 0.445. The highest BCUT2D eigenvalue weighted by Gasteiger charge is 2.31. The third-order valence-corrected chi connectivity index (χ3v) is 6.51. The molecule has 3 aromatic rings. The van der Waals surface area contributed by atoms with Gasteiger partial charge in [0.2, 0.25) is 0 Å². The number of hydrogen-bond acceptors (Lipinski definition) is 6. The number of hydrogen-bond donors (Lipinski definition) is 1. The molecular formula is C27H32N4O5. The molecule has 36 heavy (non-hydrogen) atoms. The van der Waals surface area contributed by atoms with Crippen molar-refractivity contribution in [1.29, 1.82) is 0 Å². The highest BCUT2D eigenvalue weighted by molar-refractivity contribution is 5.73. The Morgan fingerprint density at radius 2 is 1.72 bits per heavy atom. The van der Waals surface area contributed by atoms with E-state index in [1.54, 1.807) is 12.0 Å². The Kier molecular flexibility index (Phi) is 7.59. The van der Waals surface area contributed by atoms with Crippen LogP contribution in [-0.2, 0) is 16.1 Å². The predicted molar refractivity (Wildman–Crippen MR) is 134 cm³/mol. The summed E-state index contributed by atoms with van der Waals surface area (Å²) in [5.41, 5.74) is 5.54. The van der Waals surface area contributed by atoms with Crippen LogP contribution in [0, 0.1) is 6.92 Å². The Morgan fingerprint density at radius 3 is 2.28 bits per heavy atom. The van der Waals surface area contributed by atoms with Crippen molar-refractivity contribution in [3.8, 4) is 22.7 Å². The zero-order chi connectivity index (χ0) is 25.8. The zero-order valence-corrected chi connectivity index (χ0v) is 21.1. The Hall–Kier alpha value is -3.85. The van der Waals surface area contributed by atoms with E-state index in [2.05, 4.69) is 0 Å². The molecule has 1 fully saturated rings. The summed E-state index contributed by atoms with van der Waals surface area (Å²) >= 11 is 0. The van der Waals surface area contributed by atoms with E-state index < -0.39 is 6.03 Å². The average molecular weight is 493 g/mol. The van der Waals surface area contributed by atoms with E-state index in [4.69, 9.17) is 14.6 Å². The first kappa shape index (κ1) is 25.2. The molecule has 9 heteroatoms. The van der Waals surface area contributed by atoms with Gasteiger partial charge in [0, 0.05) is 44.1 Å². The number of hydroxylamine groups is 2. The molecule has 1 saturated heterocycles. The van der Waals surface area contributed by atoms with Gasteiger partial charge >= 0.3 is 12.0 Å². The van der Waals surface area contributed by atoms with Crippen LogP contribution in [-0.4, -0.2) is 64.2 Å². The smallest absolute Gasteiger partial charge is 0.343 e. The number of ether oxygens (including phenoxy) is 2. The van der Waals surface area contributed by atoms with Crippen LogP contribution in [0.5, 0.6) is 5.75 Å². The molecule has 0 unspecified atom stereocenters. The summed E-state index contributed by atoms with van der Waals surface area (Å²) < 4.78 is 12.7. The first-order chi connectivity index (χ1) is 17.3. The number of aryl methyl sites for hydroxylation is 1. The summed E-state index contributed by atoms with van der Waals surface area (Å²) in [6, 6.07) is 15.4. The van der Waals surface area contributed by atoms with Gasteiger partial charge in [0.15, 0.2) is 0 Å². The lowest BCUT2D eigenvalue weighted by Gasteiger charge is -2.32. The maximum atomic E-state index is 12.2. The molecule has 2 heterocycles. The van der Waals surface area contributed by atoms with Crippen molar-refractivity contribution < 1.29 is 24.3 Å². The predicted octanol–water partition coefficient (Wildman–Crippen LogP) is 4.54. The van der Waals surface area contributed by atoms with Crippen molar-refractivity contribution >= 4 is 12.0 Å². The number of aromatic nitrogens is 2. The number of piperidine rings is 1. The summed E-state index contributed by atoms with van der Waals surface area (Å²) in [6.45, 7) is 4.53. The van der Waals surface area contributed by atoms with Gasteiger partial charge in [-0.2, -0.15) is 5.10 Å². The van der Waals surface area contributed by atoms with Crippen LogP contribution in [0.4, 0.5) is 4.79 Å². The van der Waals surface area contributed by atoms with Gasteiger partial charge in [-0.05, 0) is 44.0 Å². The van der Waals surface area contributed by atoms with Gasteiger partial charge in [0.25, 0.3) is 0 Å². The van der Waals surface area contributed by atoms with Crippen molar-refractivity contribution in [2.75, 3.05) is 27.2 Å². The summed E-state index contributed by atoms with van der Waals surface area (Å²) in [5, 5.41) is 15.2. The third-order valence-electron chi connectivity index (χ3n) is 6.51. The maximum Gasteiger partial charge on any atom is 0.343 e. The first-order valence-electron chi connectivity index (χ1n) is 12.0. The Bertz CT molecular complexity index is 1210. The number of nitrogens with zero attached hydrogens (tertiary/aromatic N) is 4. The Labute approximate surface area is 210 Å². The van der Waals surface area contributed by atoms with Crippen molar-refractivity contribution in [1.82, 2.24) is 19.7 Å². The molecule has 4 rings (SSSR count). The maximum absolute atomic E-state index is 12.2. The number of benzene rings is 2. The highest BCUT2D eigenvalue weighted by atomic mass is 16.5. The van der Waals surface area contributed by atoms with Gasteiger partial charge in [-0.1, -0.05) is 29.8 Å². The molecule has 0 spiro atoms. The molecule has 1 N–H and O–H groups in total. The molecule has 2 amide bonds. The summed E-state index contributed by atoms with van der Waals surface area (Å²) in [4.78, 5) is 25.6. The molecule has 2 aromatic carbocycles. The fourth-order valence-corrected chi connectivity index (χ4v) is 4.58. The number of carbonyl (C=O) groups is 2. The van der Waals surface area contributed by atoms with E-state index >= 15 is 0 Å². The lowest BCUT2D eigenvalue weighted by atomic mass is 9.90. The van der Waals surface area contributed by atoms with Crippen LogP contribution < -0.4 is 4.74 Å². The standard InChI is InChI=1S/C27H32N4O5/c1-18-5-7-21(8-6-18)26-24(17-36-19(2)32)25(20-13-15-30(16-14-20)27(33)29(3)34)28-31(26)22-9-11-23(35-4)12-10-22/h5-12,20,34H,13-17H2,1-4H3. The van der Waals surface area contributed by atoms with Gasteiger partial charge in [-0.3, -0.25) is 10.0 Å². The van der Waals surface area contributed by atoms with E-state index in [0.717, 1.165) is 39.5 Å². The largest absolute Gasteiger partial charge is 0.497 e. The molecule has 1 aliphatic heterocycles. The minimum atomic E-state index is -0.419. The highest BCUT2D eigenvalue weighted by Crippen LogP contribution is 2.37. The summed E-state index contributed by atoms with van der Waals surface area (Å²) in [7, 11) is 2.96. The number of urea groups is 1. The quantitative estimate of drug-likeness (QED) is 0.308. The topological polar surface area (TPSA) is 97.1 Å². The minimum absolute atomic E-state index is 0.0623. The number of carbonyl (C=O) groups excluding carboxylic acids is 2. The van der Waals surface area contributed by atoms with Gasteiger partial charge in [0.05, 0.1) is 24.2 Å². The van der Waals surface area contributed by atoms with E-state index in [9.17, 15) is 14.8 Å². The van der Waals surface area contributed by atoms with Crippen molar-refractivity contribution in [2.45, 2.75) is 39.2 Å². The van der Waals surface area contributed by atoms with E-state index in [1.165, 1.54) is 14.0 Å². The normalized spacial score (nSPS) is 14.0. The molecule has 0 atom stereocenters. The lowest BCUT2D eigenvalue weighted by Crippen LogP contribution is -2.43. The van der Waals surface area contributed by atoms with Gasteiger partial charge in [-0.15, -0.1) is 0 Å². The van der Waals surface area contributed by atoms with Crippen molar-refractivity contribution in [3.63, 3.8) is 0 Å². The number of rotatable bonds is 6. The molecule has 0 radical (unpaired) electrons. The third kappa shape index (κ3) is 5.36. The minimum Gasteiger partial charge on any atom is -0.497 e. The molecule has 0 saturated carbocycles. The fourth-order valence-electron chi connectivity index (χ4n) is 4.58. The molecule has 1 aromatic heterocycles. The zero-order valence-electron chi connectivity index (χ0n) is 21.1. The Morgan fingerprint density at radius 1 is 1.08 bits per heavy atom. The molecular weight excluding hydrogens is 460 g/mol. The van der Waals surface area contributed by atoms with Crippen LogP contribution in [0.2, 0.25) is 0 Å². The number of amides is 2. The van der Waals surface area contributed by atoms with Crippen molar-refractivity contribution in [2.24, 2.45) is 0 Å². The van der Waals surface area contributed by atoms with Crippen LogP contribution in [0.1, 0.15) is 42.5 Å². The summed E-state index contributed by atoms with van der Waals surface area (Å²) in [6.07, 6.45) is 1.36.